The first-order valence-corrected chi connectivity index (χ1v) is 8.08. The highest BCUT2D eigenvalue weighted by atomic mass is 79.9. The summed E-state index contributed by atoms with van der Waals surface area (Å²) in [5.41, 5.74) is 3.14. The SMILES string of the molecule is O=C(COc1ccc(Cl)cc1)N/N=C\c1cc2c(cc1Br)OCO2. The molecule has 2 aromatic carbocycles. The topological polar surface area (TPSA) is 69.2 Å². The average Bonchev–Trinajstić information content (AvgIpc) is 3.01. The van der Waals surface area contributed by atoms with Crippen molar-refractivity contribution in [2.75, 3.05) is 13.4 Å². The lowest BCUT2D eigenvalue weighted by atomic mass is 10.2. The summed E-state index contributed by atoms with van der Waals surface area (Å²) in [6.07, 6.45) is 1.51. The summed E-state index contributed by atoms with van der Waals surface area (Å²) in [7, 11) is 0. The minimum atomic E-state index is -0.377. The molecule has 0 atom stereocenters. The first-order valence-electron chi connectivity index (χ1n) is 6.91. The Balaban J connectivity index is 1.52. The van der Waals surface area contributed by atoms with Crippen LogP contribution in [0.25, 0.3) is 0 Å². The molecule has 24 heavy (non-hydrogen) atoms. The van der Waals surface area contributed by atoms with Crippen molar-refractivity contribution in [1.29, 1.82) is 0 Å². The summed E-state index contributed by atoms with van der Waals surface area (Å²) >= 11 is 9.18. The Morgan fingerprint density at radius 3 is 2.75 bits per heavy atom. The number of nitrogens with zero attached hydrogens (tertiary/aromatic N) is 1. The molecule has 1 heterocycles. The molecule has 124 valence electrons. The molecule has 1 aliphatic rings. The maximum absolute atomic E-state index is 11.7. The van der Waals surface area contributed by atoms with E-state index in [1.54, 1.807) is 36.4 Å². The number of benzene rings is 2. The fourth-order valence-corrected chi connectivity index (χ4v) is 2.47. The van der Waals surface area contributed by atoms with Crippen molar-refractivity contribution >= 4 is 39.7 Å². The van der Waals surface area contributed by atoms with Gasteiger partial charge in [-0.05, 0) is 52.3 Å². The molecule has 1 aliphatic heterocycles. The molecule has 1 N–H and O–H groups in total. The van der Waals surface area contributed by atoms with Gasteiger partial charge in [0, 0.05) is 15.1 Å². The van der Waals surface area contributed by atoms with Crippen molar-refractivity contribution < 1.29 is 19.0 Å². The van der Waals surface area contributed by atoms with E-state index in [4.69, 9.17) is 25.8 Å². The molecule has 0 spiro atoms. The number of fused-ring (bicyclic) bond motifs is 1. The van der Waals surface area contributed by atoms with Crippen LogP contribution in [-0.4, -0.2) is 25.5 Å². The summed E-state index contributed by atoms with van der Waals surface area (Å²) in [4.78, 5) is 11.7. The van der Waals surface area contributed by atoms with Crippen molar-refractivity contribution in [3.05, 3.63) is 51.5 Å². The molecular weight excluding hydrogens is 400 g/mol. The number of halogens is 2. The Morgan fingerprint density at radius 2 is 2.00 bits per heavy atom. The lowest BCUT2D eigenvalue weighted by Gasteiger charge is -2.05. The molecule has 0 saturated heterocycles. The molecule has 0 bridgehead atoms. The molecule has 6 nitrogen and oxygen atoms in total. The van der Waals surface area contributed by atoms with Crippen LogP contribution in [0.2, 0.25) is 5.02 Å². The van der Waals surface area contributed by atoms with Gasteiger partial charge in [0.2, 0.25) is 6.79 Å². The minimum absolute atomic E-state index is 0.152. The van der Waals surface area contributed by atoms with E-state index in [0.717, 1.165) is 10.0 Å². The van der Waals surface area contributed by atoms with Gasteiger partial charge in [-0.15, -0.1) is 0 Å². The fraction of sp³-hybridized carbons (Fsp3) is 0.125. The van der Waals surface area contributed by atoms with Crippen molar-refractivity contribution in [1.82, 2.24) is 5.43 Å². The second-order valence-electron chi connectivity index (χ2n) is 4.76. The molecule has 0 fully saturated rings. The number of carbonyl (C=O) groups is 1. The third-order valence-corrected chi connectivity index (χ3v) is 4.01. The van der Waals surface area contributed by atoms with Crippen LogP contribution in [0.5, 0.6) is 17.2 Å². The van der Waals surface area contributed by atoms with Crippen LogP contribution in [0.4, 0.5) is 0 Å². The van der Waals surface area contributed by atoms with E-state index >= 15 is 0 Å². The molecule has 2 aromatic rings. The number of rotatable bonds is 5. The van der Waals surface area contributed by atoms with E-state index in [0.29, 0.717) is 22.3 Å². The van der Waals surface area contributed by atoms with Crippen molar-refractivity contribution in [2.45, 2.75) is 0 Å². The smallest absolute Gasteiger partial charge is 0.277 e. The maximum Gasteiger partial charge on any atom is 0.277 e. The predicted octanol–water partition coefficient (Wildman–Crippen LogP) is 3.36. The Labute approximate surface area is 151 Å². The van der Waals surface area contributed by atoms with Gasteiger partial charge in [0.25, 0.3) is 5.91 Å². The predicted molar refractivity (Wildman–Crippen MR) is 92.9 cm³/mol. The number of ether oxygens (including phenoxy) is 3. The molecular formula is C16H12BrClN2O4. The number of nitrogens with one attached hydrogen (secondary N) is 1. The fourth-order valence-electron chi connectivity index (χ4n) is 1.92. The van der Waals surface area contributed by atoms with Crippen molar-refractivity contribution in [3.63, 3.8) is 0 Å². The molecule has 0 radical (unpaired) electrons. The van der Waals surface area contributed by atoms with Gasteiger partial charge >= 0.3 is 0 Å². The zero-order valence-corrected chi connectivity index (χ0v) is 14.6. The Hall–Kier alpha value is -2.25. The molecule has 0 unspecified atom stereocenters. The standard InChI is InChI=1S/C16H12BrClN2O4/c17-13-6-15-14(23-9-24-15)5-10(13)7-19-20-16(21)8-22-12-3-1-11(18)2-4-12/h1-7H,8-9H2,(H,20,21)/b19-7-. The minimum Gasteiger partial charge on any atom is -0.484 e. The highest BCUT2D eigenvalue weighted by molar-refractivity contribution is 9.10. The third-order valence-electron chi connectivity index (χ3n) is 3.07. The molecule has 3 rings (SSSR count). The van der Waals surface area contributed by atoms with Crippen LogP contribution in [-0.2, 0) is 4.79 Å². The summed E-state index contributed by atoms with van der Waals surface area (Å²) in [6.45, 7) is 0.0441. The van der Waals surface area contributed by atoms with Crippen molar-refractivity contribution in [2.24, 2.45) is 5.10 Å². The number of hydrogen-bond acceptors (Lipinski definition) is 5. The lowest BCUT2D eigenvalue weighted by molar-refractivity contribution is -0.123. The lowest BCUT2D eigenvalue weighted by Crippen LogP contribution is -2.24. The highest BCUT2D eigenvalue weighted by Gasteiger charge is 2.15. The van der Waals surface area contributed by atoms with E-state index in [1.807, 2.05) is 0 Å². The summed E-state index contributed by atoms with van der Waals surface area (Å²) in [5, 5.41) is 4.50. The van der Waals surface area contributed by atoms with E-state index in [9.17, 15) is 4.79 Å². The zero-order chi connectivity index (χ0) is 16.9. The van der Waals surface area contributed by atoms with Crippen LogP contribution < -0.4 is 19.6 Å². The van der Waals surface area contributed by atoms with E-state index in [-0.39, 0.29) is 19.3 Å². The van der Waals surface area contributed by atoms with Gasteiger partial charge in [-0.1, -0.05) is 11.6 Å². The second kappa shape index (κ2) is 7.55. The third kappa shape index (κ3) is 4.18. The van der Waals surface area contributed by atoms with E-state index in [2.05, 4.69) is 26.5 Å². The van der Waals surface area contributed by atoms with Gasteiger partial charge in [-0.3, -0.25) is 4.79 Å². The van der Waals surface area contributed by atoms with Gasteiger partial charge in [0.05, 0.1) is 6.21 Å². The van der Waals surface area contributed by atoms with Crippen molar-refractivity contribution in [3.8, 4) is 17.2 Å². The molecule has 0 aromatic heterocycles. The number of hydrazone groups is 1. The van der Waals surface area contributed by atoms with Crippen LogP contribution in [0.1, 0.15) is 5.56 Å². The van der Waals surface area contributed by atoms with E-state index < -0.39 is 0 Å². The Bertz CT molecular complexity index is 780. The molecule has 8 heteroatoms. The molecule has 0 saturated carbocycles. The first kappa shape index (κ1) is 16.6. The van der Waals surface area contributed by atoms with Crippen LogP contribution in [0.15, 0.2) is 46.0 Å². The van der Waals surface area contributed by atoms with Crippen LogP contribution >= 0.6 is 27.5 Å². The average molecular weight is 412 g/mol. The van der Waals surface area contributed by atoms with Gasteiger partial charge in [0.1, 0.15) is 5.75 Å². The summed E-state index contributed by atoms with van der Waals surface area (Å²) in [6, 6.07) is 10.3. The Kier molecular flexibility index (Phi) is 5.22. The zero-order valence-electron chi connectivity index (χ0n) is 12.3. The van der Waals surface area contributed by atoms with Gasteiger partial charge in [-0.25, -0.2) is 5.43 Å². The quantitative estimate of drug-likeness (QED) is 0.605. The van der Waals surface area contributed by atoms with Gasteiger partial charge in [-0.2, -0.15) is 5.10 Å². The normalized spacial score (nSPS) is 12.4. The monoisotopic (exact) mass is 410 g/mol. The highest BCUT2D eigenvalue weighted by Crippen LogP contribution is 2.36. The van der Waals surface area contributed by atoms with Gasteiger partial charge < -0.3 is 14.2 Å². The number of hydrogen-bond donors (Lipinski definition) is 1. The number of carbonyl (C=O) groups excluding carboxylic acids is 1. The maximum atomic E-state index is 11.7. The number of amides is 1. The molecule has 1 amide bonds. The molecule has 0 aliphatic carbocycles. The Morgan fingerprint density at radius 1 is 1.29 bits per heavy atom. The second-order valence-corrected chi connectivity index (χ2v) is 6.05. The van der Waals surface area contributed by atoms with Gasteiger partial charge in [0.15, 0.2) is 18.1 Å². The summed E-state index contributed by atoms with van der Waals surface area (Å²) in [5.74, 6) is 1.48. The largest absolute Gasteiger partial charge is 0.484 e. The van der Waals surface area contributed by atoms with Crippen LogP contribution in [0.3, 0.4) is 0 Å². The van der Waals surface area contributed by atoms with Crippen LogP contribution in [0, 0.1) is 0 Å². The first-order chi connectivity index (χ1) is 11.6. The summed E-state index contributed by atoms with van der Waals surface area (Å²) < 4.78 is 16.7. The van der Waals surface area contributed by atoms with E-state index in [1.165, 1.54) is 6.21 Å².